The minimum atomic E-state index is -1.07. The van der Waals surface area contributed by atoms with E-state index in [1.807, 2.05) is 6.92 Å². The summed E-state index contributed by atoms with van der Waals surface area (Å²) in [4.78, 5) is 18.6. The molecule has 0 radical (unpaired) electrons. The Morgan fingerprint density at radius 1 is 1.20 bits per heavy atom. The number of nitrogens with zero attached hydrogens (tertiary/aromatic N) is 2. The Balaban J connectivity index is 2.03. The second kappa shape index (κ2) is 6.51. The fraction of sp³-hybridized carbons (Fsp3) is 0.214. The summed E-state index contributed by atoms with van der Waals surface area (Å²) in [5.41, 5.74) is 0.375. The molecule has 0 atom stereocenters. The zero-order valence-corrected chi connectivity index (χ0v) is 10.9. The number of hydrogen-bond donors (Lipinski definition) is 1. The molecule has 1 aromatic heterocycles. The first-order valence-corrected chi connectivity index (χ1v) is 6.08. The highest BCUT2D eigenvalue weighted by atomic mass is 16.5. The lowest BCUT2D eigenvalue weighted by molar-refractivity contribution is 0.0692. The normalized spacial score (nSPS) is 10.1. The van der Waals surface area contributed by atoms with Gasteiger partial charge >= 0.3 is 5.97 Å². The van der Waals surface area contributed by atoms with Crippen LogP contribution in [-0.4, -0.2) is 27.7 Å². The summed E-state index contributed by atoms with van der Waals surface area (Å²) in [6.07, 6.45) is 2.55. The molecule has 0 aliphatic carbocycles. The first-order chi connectivity index (χ1) is 9.70. The van der Waals surface area contributed by atoms with E-state index in [1.165, 1.54) is 12.5 Å². The number of aromatic carboxylic acids is 1. The average Bonchev–Trinajstić information content (AvgIpc) is 2.47. The van der Waals surface area contributed by atoms with Gasteiger partial charge in [-0.2, -0.15) is 0 Å². The molecule has 20 heavy (non-hydrogen) atoms. The van der Waals surface area contributed by atoms with Gasteiger partial charge in [0.1, 0.15) is 30.0 Å². The van der Waals surface area contributed by atoms with Gasteiger partial charge in [0, 0.05) is 6.20 Å². The van der Waals surface area contributed by atoms with Crippen molar-refractivity contribution in [2.45, 2.75) is 13.5 Å². The Morgan fingerprint density at radius 3 is 2.45 bits per heavy atom. The lowest BCUT2D eigenvalue weighted by Gasteiger charge is -2.08. The van der Waals surface area contributed by atoms with E-state index in [9.17, 15) is 4.79 Å². The van der Waals surface area contributed by atoms with Crippen LogP contribution in [0.15, 0.2) is 36.8 Å². The molecule has 0 bridgehead atoms. The third kappa shape index (κ3) is 3.44. The minimum Gasteiger partial charge on any atom is -0.494 e. The van der Waals surface area contributed by atoms with Gasteiger partial charge in [-0.25, -0.2) is 14.8 Å². The molecule has 0 fully saturated rings. The third-order valence-corrected chi connectivity index (χ3v) is 2.54. The van der Waals surface area contributed by atoms with E-state index in [0.29, 0.717) is 18.1 Å². The molecule has 6 heteroatoms. The van der Waals surface area contributed by atoms with E-state index < -0.39 is 5.97 Å². The van der Waals surface area contributed by atoms with Crippen molar-refractivity contribution >= 4 is 5.97 Å². The molecule has 1 aromatic carbocycles. The quantitative estimate of drug-likeness (QED) is 0.869. The lowest BCUT2D eigenvalue weighted by Crippen LogP contribution is -2.08. The number of rotatable bonds is 6. The van der Waals surface area contributed by atoms with Gasteiger partial charge in [0.05, 0.1) is 12.3 Å². The van der Waals surface area contributed by atoms with Crippen LogP contribution in [-0.2, 0) is 6.61 Å². The van der Waals surface area contributed by atoms with Crippen LogP contribution in [0, 0.1) is 0 Å². The van der Waals surface area contributed by atoms with E-state index in [2.05, 4.69) is 9.97 Å². The molecule has 0 spiro atoms. The molecule has 2 aromatic rings. The Bertz CT molecular complexity index is 584. The van der Waals surface area contributed by atoms with E-state index in [4.69, 9.17) is 14.6 Å². The maximum absolute atomic E-state index is 11.0. The predicted molar refractivity (Wildman–Crippen MR) is 70.9 cm³/mol. The van der Waals surface area contributed by atoms with Crippen LogP contribution < -0.4 is 9.47 Å². The van der Waals surface area contributed by atoms with Crippen molar-refractivity contribution in [2.75, 3.05) is 6.61 Å². The number of benzene rings is 1. The largest absolute Gasteiger partial charge is 0.494 e. The number of carboxylic acids is 1. The van der Waals surface area contributed by atoms with Crippen molar-refractivity contribution in [2.24, 2.45) is 0 Å². The van der Waals surface area contributed by atoms with Crippen molar-refractivity contribution in [3.63, 3.8) is 0 Å². The lowest BCUT2D eigenvalue weighted by atomic mass is 10.2. The van der Waals surface area contributed by atoms with Gasteiger partial charge in [-0.1, -0.05) is 0 Å². The molecule has 0 amide bonds. The third-order valence-electron chi connectivity index (χ3n) is 2.54. The number of carboxylic acid groups (broad SMARTS) is 1. The Hall–Kier alpha value is -2.63. The van der Waals surface area contributed by atoms with Gasteiger partial charge in [0.2, 0.25) is 0 Å². The summed E-state index contributed by atoms with van der Waals surface area (Å²) in [6, 6.07) is 7.09. The fourth-order valence-electron chi connectivity index (χ4n) is 1.60. The van der Waals surface area contributed by atoms with E-state index in [0.717, 1.165) is 5.75 Å². The smallest absolute Gasteiger partial charge is 0.339 e. The van der Waals surface area contributed by atoms with E-state index in [1.54, 1.807) is 24.3 Å². The molecule has 0 saturated carbocycles. The summed E-state index contributed by atoms with van der Waals surface area (Å²) in [6.45, 7) is 2.58. The Kier molecular flexibility index (Phi) is 4.49. The van der Waals surface area contributed by atoms with Gasteiger partial charge < -0.3 is 14.6 Å². The molecule has 1 heterocycles. The molecule has 2 rings (SSSR count). The minimum absolute atomic E-state index is 0.0402. The molecule has 104 valence electrons. The highest BCUT2D eigenvalue weighted by Gasteiger charge is 2.11. The van der Waals surface area contributed by atoms with E-state index >= 15 is 0 Å². The SMILES string of the molecule is CCOc1ccc(OCc2ncncc2C(=O)O)cc1. The van der Waals surface area contributed by atoms with Crippen molar-refractivity contribution in [1.29, 1.82) is 0 Å². The average molecular weight is 274 g/mol. The van der Waals surface area contributed by atoms with Crippen molar-refractivity contribution < 1.29 is 19.4 Å². The van der Waals surface area contributed by atoms with Gasteiger partial charge in [0.15, 0.2) is 0 Å². The van der Waals surface area contributed by atoms with Gasteiger partial charge in [0.25, 0.3) is 0 Å². The first kappa shape index (κ1) is 13.8. The van der Waals surface area contributed by atoms with Crippen LogP contribution in [0.25, 0.3) is 0 Å². The molecule has 0 saturated heterocycles. The van der Waals surface area contributed by atoms with Crippen LogP contribution in [0.2, 0.25) is 0 Å². The Labute approximate surface area is 116 Å². The maximum Gasteiger partial charge on any atom is 0.339 e. The molecule has 0 aliphatic heterocycles. The number of hydrogen-bond acceptors (Lipinski definition) is 5. The second-order valence-corrected chi connectivity index (χ2v) is 3.88. The summed E-state index contributed by atoms with van der Waals surface area (Å²) < 4.78 is 10.8. The molecule has 6 nitrogen and oxygen atoms in total. The van der Waals surface area contributed by atoms with Crippen LogP contribution >= 0.6 is 0 Å². The standard InChI is InChI=1S/C14H14N2O4/c1-2-19-10-3-5-11(6-4-10)20-8-13-12(14(17)18)7-15-9-16-13/h3-7,9H,2,8H2,1H3,(H,17,18). The van der Waals surface area contributed by atoms with Crippen molar-refractivity contribution in [1.82, 2.24) is 9.97 Å². The highest BCUT2D eigenvalue weighted by molar-refractivity contribution is 5.88. The summed E-state index contributed by atoms with van der Waals surface area (Å²) in [5, 5.41) is 9.01. The molecular weight excluding hydrogens is 260 g/mol. The molecule has 0 aliphatic rings. The monoisotopic (exact) mass is 274 g/mol. The van der Waals surface area contributed by atoms with Gasteiger partial charge in [-0.05, 0) is 31.2 Å². The fourth-order valence-corrected chi connectivity index (χ4v) is 1.60. The Morgan fingerprint density at radius 2 is 1.85 bits per heavy atom. The topological polar surface area (TPSA) is 81.5 Å². The van der Waals surface area contributed by atoms with Crippen LogP contribution in [0.1, 0.15) is 23.0 Å². The van der Waals surface area contributed by atoms with Crippen molar-refractivity contribution in [3.8, 4) is 11.5 Å². The van der Waals surface area contributed by atoms with Crippen molar-refractivity contribution in [3.05, 3.63) is 48.0 Å². The van der Waals surface area contributed by atoms with Crippen LogP contribution in [0.4, 0.5) is 0 Å². The number of ether oxygens (including phenoxy) is 2. The molecular formula is C14H14N2O4. The molecule has 0 unspecified atom stereocenters. The summed E-state index contributed by atoms with van der Waals surface area (Å²) in [5.74, 6) is 0.299. The number of carbonyl (C=O) groups is 1. The maximum atomic E-state index is 11.0. The predicted octanol–water partition coefficient (Wildman–Crippen LogP) is 2.15. The number of aromatic nitrogens is 2. The van der Waals surface area contributed by atoms with Crippen LogP contribution in [0.5, 0.6) is 11.5 Å². The zero-order valence-electron chi connectivity index (χ0n) is 10.9. The highest BCUT2D eigenvalue weighted by Crippen LogP contribution is 2.18. The summed E-state index contributed by atoms with van der Waals surface area (Å²) >= 11 is 0. The molecule has 1 N–H and O–H groups in total. The first-order valence-electron chi connectivity index (χ1n) is 6.08. The summed E-state index contributed by atoms with van der Waals surface area (Å²) in [7, 11) is 0. The van der Waals surface area contributed by atoms with Gasteiger partial charge in [-0.3, -0.25) is 0 Å². The second-order valence-electron chi connectivity index (χ2n) is 3.88. The van der Waals surface area contributed by atoms with E-state index in [-0.39, 0.29) is 12.2 Å². The zero-order chi connectivity index (χ0) is 14.4. The van der Waals surface area contributed by atoms with Gasteiger partial charge in [-0.15, -0.1) is 0 Å². The van der Waals surface area contributed by atoms with Crippen LogP contribution in [0.3, 0.4) is 0 Å².